The Morgan fingerprint density at radius 1 is 0.833 bits per heavy atom. The summed E-state index contributed by atoms with van der Waals surface area (Å²) in [7, 11) is 0. The van der Waals surface area contributed by atoms with Gasteiger partial charge in [0.15, 0.2) is 5.75 Å². The highest BCUT2D eigenvalue weighted by molar-refractivity contribution is 6.56. The highest BCUT2D eigenvalue weighted by Crippen LogP contribution is 2.37. The van der Waals surface area contributed by atoms with Gasteiger partial charge >= 0.3 is 0 Å². The van der Waals surface area contributed by atoms with Gasteiger partial charge in [-0.05, 0) is 25.0 Å². The van der Waals surface area contributed by atoms with E-state index in [1.807, 2.05) is 0 Å². The summed E-state index contributed by atoms with van der Waals surface area (Å²) in [5.74, 6) is 0.906. The third-order valence-electron chi connectivity index (χ3n) is 3.24. The fourth-order valence-corrected chi connectivity index (χ4v) is 2.75. The first-order valence-corrected chi connectivity index (χ1v) is 11.2. The van der Waals surface area contributed by atoms with Crippen molar-refractivity contribution >= 4 is 75.8 Å². The number of nitrogens with zero attached hydrogens (tertiary/aromatic N) is 1. The van der Waals surface area contributed by atoms with Crippen molar-refractivity contribution in [2.75, 3.05) is 33.0 Å². The van der Waals surface area contributed by atoms with Crippen LogP contribution < -0.4 is 9.47 Å². The van der Waals surface area contributed by atoms with Crippen LogP contribution in [0.3, 0.4) is 0 Å². The van der Waals surface area contributed by atoms with Gasteiger partial charge in [-0.25, -0.2) is 0 Å². The van der Waals surface area contributed by atoms with Crippen molar-refractivity contribution in [3.05, 3.63) is 43.3 Å². The summed E-state index contributed by atoms with van der Waals surface area (Å²) in [4.78, 5) is 4.91. The van der Waals surface area contributed by atoms with Crippen molar-refractivity contribution in [2.45, 2.75) is 19.3 Å². The van der Waals surface area contributed by atoms with E-state index in [4.69, 9.17) is 88.7 Å². The van der Waals surface area contributed by atoms with Crippen molar-refractivity contribution in [2.24, 2.45) is 5.16 Å². The lowest BCUT2D eigenvalue weighted by Gasteiger charge is -2.12. The highest BCUT2D eigenvalue weighted by Gasteiger charge is 2.10. The highest BCUT2D eigenvalue weighted by atomic mass is 35.5. The van der Waals surface area contributed by atoms with Gasteiger partial charge in [0.25, 0.3) is 0 Å². The lowest BCUT2D eigenvalue weighted by atomic mass is 10.3. The second kappa shape index (κ2) is 17.1. The Hall–Kier alpha value is -0.530. The fourth-order valence-electron chi connectivity index (χ4n) is 1.93. The van der Waals surface area contributed by atoms with Crippen LogP contribution in [0.5, 0.6) is 11.5 Å². The van der Waals surface area contributed by atoms with Gasteiger partial charge < -0.3 is 19.0 Å². The Balaban J connectivity index is 2.16. The van der Waals surface area contributed by atoms with Gasteiger partial charge in [-0.2, -0.15) is 0 Å². The van der Waals surface area contributed by atoms with Crippen LogP contribution in [0.15, 0.2) is 38.4 Å². The van der Waals surface area contributed by atoms with Crippen LogP contribution in [-0.4, -0.2) is 39.2 Å². The SMILES string of the molecule is ClC(Cl)=CCO/N=C/CCOCCCCOc1c(Cl)cc(OCC=C(Cl)Cl)cc1Cl. The van der Waals surface area contributed by atoms with E-state index in [1.54, 1.807) is 18.3 Å². The maximum absolute atomic E-state index is 6.21. The van der Waals surface area contributed by atoms with Gasteiger partial charge in [-0.15, -0.1) is 0 Å². The third kappa shape index (κ3) is 13.7. The Kier molecular flexibility index (Phi) is 15.7. The minimum atomic E-state index is 0.125. The molecule has 1 aromatic rings. The van der Waals surface area contributed by atoms with E-state index in [9.17, 15) is 0 Å². The molecule has 0 bridgehead atoms. The molecule has 0 atom stereocenters. The first-order valence-electron chi connectivity index (χ1n) is 8.88. The predicted molar refractivity (Wildman–Crippen MR) is 126 cm³/mol. The zero-order valence-corrected chi connectivity index (χ0v) is 20.4. The maximum atomic E-state index is 6.21. The summed E-state index contributed by atoms with van der Waals surface area (Å²) in [6, 6.07) is 3.24. The molecule has 0 amide bonds. The quantitative estimate of drug-likeness (QED) is 0.131. The number of hydrogen-bond acceptors (Lipinski definition) is 5. The first-order chi connectivity index (χ1) is 14.4. The molecule has 168 valence electrons. The molecule has 0 aliphatic heterocycles. The lowest BCUT2D eigenvalue weighted by Crippen LogP contribution is -2.03. The van der Waals surface area contributed by atoms with Crippen LogP contribution in [0.1, 0.15) is 19.3 Å². The summed E-state index contributed by atoms with van der Waals surface area (Å²) in [6.45, 7) is 2.04. The number of benzene rings is 1. The van der Waals surface area contributed by atoms with Crippen LogP contribution >= 0.6 is 69.6 Å². The van der Waals surface area contributed by atoms with Crippen molar-refractivity contribution in [1.29, 1.82) is 0 Å². The number of hydrogen-bond donors (Lipinski definition) is 0. The molecule has 0 N–H and O–H groups in total. The average Bonchev–Trinajstić information content (AvgIpc) is 2.66. The number of unbranched alkanes of at least 4 members (excludes halogenated alkanes) is 1. The van der Waals surface area contributed by atoms with E-state index < -0.39 is 0 Å². The molecule has 11 heteroatoms. The topological polar surface area (TPSA) is 49.3 Å². The van der Waals surface area contributed by atoms with E-state index in [2.05, 4.69) is 5.16 Å². The van der Waals surface area contributed by atoms with Crippen LogP contribution in [-0.2, 0) is 9.57 Å². The molecule has 0 fully saturated rings. The molecule has 1 rings (SSSR count). The Morgan fingerprint density at radius 2 is 1.47 bits per heavy atom. The van der Waals surface area contributed by atoms with Gasteiger partial charge in [-0.1, -0.05) is 74.8 Å². The standard InChI is InChI=1S/C19H21Cl6NO4/c20-15-12-14(28-10-4-17(22)23)13-16(21)19(15)29-9-2-1-7-27-8-3-6-26-30-11-5-18(24)25/h4-6,12-13H,1-3,7-11H2/b26-6+. The van der Waals surface area contributed by atoms with E-state index >= 15 is 0 Å². The molecule has 0 aromatic heterocycles. The Bertz CT molecular complexity index is 696. The number of rotatable bonds is 15. The molecule has 0 unspecified atom stereocenters. The third-order valence-corrected chi connectivity index (χ3v) is 4.42. The fraction of sp³-hybridized carbons (Fsp3) is 0.421. The molecular weight excluding hydrogens is 519 g/mol. The van der Waals surface area contributed by atoms with E-state index in [0.29, 0.717) is 47.8 Å². The van der Waals surface area contributed by atoms with Crippen LogP contribution in [0.4, 0.5) is 0 Å². The molecule has 0 heterocycles. The zero-order chi connectivity index (χ0) is 22.2. The van der Waals surface area contributed by atoms with Crippen molar-refractivity contribution < 1.29 is 19.0 Å². The van der Waals surface area contributed by atoms with Crippen LogP contribution in [0.25, 0.3) is 0 Å². The van der Waals surface area contributed by atoms with Crippen molar-refractivity contribution in [1.82, 2.24) is 0 Å². The largest absolute Gasteiger partial charge is 0.490 e. The minimum Gasteiger partial charge on any atom is -0.490 e. The molecule has 0 aliphatic rings. The monoisotopic (exact) mass is 537 g/mol. The van der Waals surface area contributed by atoms with Gasteiger partial charge in [0.1, 0.15) is 27.9 Å². The van der Waals surface area contributed by atoms with Gasteiger partial charge in [0, 0.05) is 31.4 Å². The normalized spacial score (nSPS) is 10.7. The number of oxime groups is 1. The van der Waals surface area contributed by atoms with Crippen LogP contribution in [0, 0.1) is 0 Å². The molecule has 5 nitrogen and oxygen atoms in total. The van der Waals surface area contributed by atoms with Gasteiger partial charge in [0.05, 0.1) is 23.3 Å². The summed E-state index contributed by atoms with van der Waals surface area (Å²) < 4.78 is 16.9. The van der Waals surface area contributed by atoms with E-state index in [-0.39, 0.29) is 22.2 Å². The minimum absolute atomic E-state index is 0.125. The average molecular weight is 540 g/mol. The van der Waals surface area contributed by atoms with Gasteiger partial charge in [-0.3, -0.25) is 0 Å². The molecule has 0 saturated heterocycles. The summed E-state index contributed by atoms with van der Waals surface area (Å²) >= 11 is 34.3. The smallest absolute Gasteiger partial charge is 0.156 e. The first kappa shape index (κ1) is 27.5. The second-order valence-corrected chi connectivity index (χ2v) is 8.39. The Morgan fingerprint density at radius 3 is 2.13 bits per heavy atom. The van der Waals surface area contributed by atoms with Crippen LogP contribution in [0.2, 0.25) is 10.0 Å². The molecule has 0 saturated carbocycles. The molecule has 0 radical (unpaired) electrons. The molecular formula is C19H21Cl6NO4. The molecule has 30 heavy (non-hydrogen) atoms. The number of halogens is 6. The molecule has 0 aliphatic carbocycles. The van der Waals surface area contributed by atoms with E-state index in [1.165, 1.54) is 12.2 Å². The lowest BCUT2D eigenvalue weighted by molar-refractivity contribution is 0.131. The van der Waals surface area contributed by atoms with Crippen molar-refractivity contribution in [3.8, 4) is 11.5 Å². The summed E-state index contributed by atoms with van der Waals surface area (Å²) in [5.41, 5.74) is 0. The number of ether oxygens (including phenoxy) is 3. The predicted octanol–water partition coefficient (Wildman–Crippen LogP) is 7.58. The second-order valence-electron chi connectivity index (χ2n) is 5.55. The van der Waals surface area contributed by atoms with Crippen molar-refractivity contribution in [3.63, 3.8) is 0 Å². The van der Waals surface area contributed by atoms with E-state index in [0.717, 1.165) is 12.8 Å². The maximum Gasteiger partial charge on any atom is 0.156 e. The molecule has 0 spiro atoms. The summed E-state index contributed by atoms with van der Waals surface area (Å²) in [6.07, 6.45) is 6.88. The summed E-state index contributed by atoms with van der Waals surface area (Å²) in [5, 5.41) is 4.46. The zero-order valence-electron chi connectivity index (χ0n) is 15.9. The Labute approximate surface area is 206 Å². The molecule has 1 aromatic carbocycles. The van der Waals surface area contributed by atoms with Gasteiger partial charge in [0.2, 0.25) is 0 Å².